The fraction of sp³-hybridized carbons (Fsp3) is 0.562. The van der Waals surface area contributed by atoms with Gasteiger partial charge in [0.1, 0.15) is 5.75 Å². The molecule has 4 nitrogen and oxygen atoms in total. The van der Waals surface area contributed by atoms with Crippen molar-refractivity contribution in [3.05, 3.63) is 23.8 Å². The number of nitrogens with two attached hydrogens (primary N) is 1. The van der Waals surface area contributed by atoms with E-state index in [4.69, 9.17) is 10.5 Å². The average molecular weight is 276 g/mol. The molecule has 110 valence electrons. The van der Waals surface area contributed by atoms with Gasteiger partial charge in [0.25, 0.3) is 5.91 Å². The fourth-order valence-electron chi connectivity index (χ4n) is 2.72. The molecule has 1 amide bonds. The third-order valence-corrected chi connectivity index (χ3v) is 3.82. The maximum atomic E-state index is 12.2. The van der Waals surface area contributed by atoms with Gasteiger partial charge in [-0.15, -0.1) is 0 Å². The van der Waals surface area contributed by atoms with E-state index in [0.717, 1.165) is 12.8 Å². The minimum Gasteiger partial charge on any atom is -0.490 e. The molecule has 0 aliphatic heterocycles. The van der Waals surface area contributed by atoms with Crippen LogP contribution in [0.1, 0.15) is 43.0 Å². The summed E-state index contributed by atoms with van der Waals surface area (Å²) >= 11 is 0. The first-order valence-corrected chi connectivity index (χ1v) is 7.25. The fourth-order valence-corrected chi connectivity index (χ4v) is 2.72. The number of nitrogen functional groups attached to an aromatic ring is 1. The summed E-state index contributed by atoms with van der Waals surface area (Å²) in [5, 5.41) is 0. The third-order valence-electron chi connectivity index (χ3n) is 3.82. The number of hydrogen-bond acceptors (Lipinski definition) is 3. The SMILES string of the molecule is CC1CCCC(Oc2cc(N)ccc2C(=O)N(C)C)C1. The van der Waals surface area contributed by atoms with Gasteiger partial charge < -0.3 is 15.4 Å². The Hall–Kier alpha value is -1.71. The molecule has 1 aromatic carbocycles. The lowest BCUT2D eigenvalue weighted by atomic mass is 9.88. The first-order valence-electron chi connectivity index (χ1n) is 7.25. The van der Waals surface area contributed by atoms with E-state index in [2.05, 4.69) is 6.92 Å². The van der Waals surface area contributed by atoms with Gasteiger partial charge in [0.05, 0.1) is 11.7 Å². The molecular formula is C16H24N2O2. The number of carbonyl (C=O) groups is 1. The summed E-state index contributed by atoms with van der Waals surface area (Å²) in [6.07, 6.45) is 4.74. The van der Waals surface area contributed by atoms with Crippen LogP contribution in [0.25, 0.3) is 0 Å². The van der Waals surface area contributed by atoms with Gasteiger partial charge in [0.15, 0.2) is 0 Å². The highest BCUT2D eigenvalue weighted by Gasteiger charge is 2.23. The first kappa shape index (κ1) is 14.7. The number of amides is 1. The predicted octanol–water partition coefficient (Wildman–Crippen LogP) is 2.93. The highest BCUT2D eigenvalue weighted by atomic mass is 16.5. The number of carbonyl (C=O) groups excluding carboxylic acids is 1. The van der Waals surface area contributed by atoms with Crippen LogP contribution in [0.4, 0.5) is 5.69 Å². The van der Waals surface area contributed by atoms with Crippen LogP contribution >= 0.6 is 0 Å². The molecule has 2 N–H and O–H groups in total. The molecule has 0 aromatic heterocycles. The predicted molar refractivity (Wildman–Crippen MR) is 80.9 cm³/mol. The van der Waals surface area contributed by atoms with E-state index >= 15 is 0 Å². The Balaban J connectivity index is 2.21. The Morgan fingerprint density at radius 1 is 1.35 bits per heavy atom. The number of hydrogen-bond donors (Lipinski definition) is 1. The van der Waals surface area contributed by atoms with Crippen LogP contribution in [0.5, 0.6) is 5.75 Å². The van der Waals surface area contributed by atoms with Crippen LogP contribution in [0.15, 0.2) is 18.2 Å². The van der Waals surface area contributed by atoms with Crippen molar-refractivity contribution in [1.82, 2.24) is 4.90 Å². The number of benzene rings is 1. The summed E-state index contributed by atoms with van der Waals surface area (Å²) in [5.41, 5.74) is 7.04. The third kappa shape index (κ3) is 3.44. The lowest BCUT2D eigenvalue weighted by Gasteiger charge is -2.28. The molecule has 2 unspecified atom stereocenters. The molecule has 1 saturated carbocycles. The maximum Gasteiger partial charge on any atom is 0.257 e. The van der Waals surface area contributed by atoms with Crippen molar-refractivity contribution < 1.29 is 9.53 Å². The van der Waals surface area contributed by atoms with Gasteiger partial charge in [-0.1, -0.05) is 13.3 Å². The summed E-state index contributed by atoms with van der Waals surface area (Å²) in [6, 6.07) is 5.25. The van der Waals surface area contributed by atoms with Crippen LogP contribution in [-0.2, 0) is 0 Å². The van der Waals surface area contributed by atoms with Crippen molar-refractivity contribution in [1.29, 1.82) is 0 Å². The molecule has 1 fully saturated rings. The molecule has 2 rings (SSSR count). The van der Waals surface area contributed by atoms with Crippen LogP contribution in [-0.4, -0.2) is 31.0 Å². The molecule has 0 heterocycles. The molecule has 2 atom stereocenters. The molecule has 0 spiro atoms. The van der Waals surface area contributed by atoms with E-state index in [1.54, 1.807) is 37.2 Å². The highest BCUT2D eigenvalue weighted by molar-refractivity contribution is 5.97. The number of nitrogens with zero attached hydrogens (tertiary/aromatic N) is 1. The number of rotatable bonds is 3. The van der Waals surface area contributed by atoms with Crippen molar-refractivity contribution >= 4 is 11.6 Å². The Morgan fingerprint density at radius 3 is 2.75 bits per heavy atom. The summed E-state index contributed by atoms with van der Waals surface area (Å²) in [7, 11) is 3.48. The standard InChI is InChI=1S/C16H24N2O2/c1-11-5-4-6-13(9-11)20-15-10-12(17)7-8-14(15)16(19)18(2)3/h7-8,10-11,13H,4-6,9,17H2,1-3H3. The van der Waals surface area contributed by atoms with Crippen molar-refractivity contribution in [3.8, 4) is 5.75 Å². The minimum absolute atomic E-state index is 0.0520. The Labute approximate surface area is 120 Å². The van der Waals surface area contributed by atoms with Gasteiger partial charge in [0.2, 0.25) is 0 Å². The van der Waals surface area contributed by atoms with E-state index in [1.165, 1.54) is 12.8 Å². The summed E-state index contributed by atoms with van der Waals surface area (Å²) in [6.45, 7) is 2.25. The van der Waals surface area contributed by atoms with E-state index in [9.17, 15) is 4.79 Å². The van der Waals surface area contributed by atoms with Crippen LogP contribution in [0, 0.1) is 5.92 Å². The number of anilines is 1. The lowest BCUT2D eigenvalue weighted by Crippen LogP contribution is -2.27. The van der Waals surface area contributed by atoms with E-state index < -0.39 is 0 Å². The zero-order valence-electron chi connectivity index (χ0n) is 12.6. The van der Waals surface area contributed by atoms with E-state index in [0.29, 0.717) is 22.9 Å². The lowest BCUT2D eigenvalue weighted by molar-refractivity contribution is 0.0812. The maximum absolute atomic E-state index is 12.2. The van der Waals surface area contributed by atoms with E-state index in [1.807, 2.05) is 0 Å². The van der Waals surface area contributed by atoms with Crippen LogP contribution in [0.3, 0.4) is 0 Å². The summed E-state index contributed by atoms with van der Waals surface area (Å²) < 4.78 is 6.08. The Morgan fingerprint density at radius 2 is 2.10 bits per heavy atom. The van der Waals surface area contributed by atoms with Gasteiger partial charge in [-0.05, 0) is 37.3 Å². The Bertz CT molecular complexity index is 485. The summed E-state index contributed by atoms with van der Waals surface area (Å²) in [5.74, 6) is 1.24. The first-order chi connectivity index (χ1) is 9.47. The van der Waals surface area contributed by atoms with Crippen LogP contribution in [0.2, 0.25) is 0 Å². The second-order valence-electron chi connectivity index (χ2n) is 5.97. The zero-order valence-corrected chi connectivity index (χ0v) is 12.6. The Kier molecular flexibility index (Phi) is 4.53. The molecule has 0 bridgehead atoms. The van der Waals surface area contributed by atoms with Gasteiger partial charge >= 0.3 is 0 Å². The van der Waals surface area contributed by atoms with E-state index in [-0.39, 0.29) is 12.0 Å². The minimum atomic E-state index is -0.0520. The quantitative estimate of drug-likeness (QED) is 0.864. The molecule has 0 saturated heterocycles. The van der Waals surface area contributed by atoms with Crippen molar-refractivity contribution in [2.45, 2.75) is 38.7 Å². The molecule has 1 aliphatic carbocycles. The van der Waals surface area contributed by atoms with Gasteiger partial charge in [-0.25, -0.2) is 0 Å². The zero-order chi connectivity index (χ0) is 14.7. The van der Waals surface area contributed by atoms with Crippen molar-refractivity contribution in [2.75, 3.05) is 19.8 Å². The van der Waals surface area contributed by atoms with Gasteiger partial charge in [-0.3, -0.25) is 4.79 Å². The largest absolute Gasteiger partial charge is 0.490 e. The molecule has 1 aromatic rings. The number of ether oxygens (including phenoxy) is 1. The second-order valence-corrected chi connectivity index (χ2v) is 5.97. The molecule has 4 heteroatoms. The van der Waals surface area contributed by atoms with Gasteiger partial charge in [-0.2, -0.15) is 0 Å². The highest BCUT2D eigenvalue weighted by Crippen LogP contribution is 2.30. The van der Waals surface area contributed by atoms with Crippen molar-refractivity contribution in [3.63, 3.8) is 0 Å². The molecule has 20 heavy (non-hydrogen) atoms. The monoisotopic (exact) mass is 276 g/mol. The summed E-state index contributed by atoms with van der Waals surface area (Å²) in [4.78, 5) is 13.7. The normalized spacial score (nSPS) is 22.4. The van der Waals surface area contributed by atoms with Crippen LogP contribution < -0.4 is 10.5 Å². The van der Waals surface area contributed by atoms with Gasteiger partial charge in [0, 0.05) is 25.8 Å². The molecule has 1 aliphatic rings. The second kappa shape index (κ2) is 6.16. The molecular weight excluding hydrogens is 252 g/mol. The van der Waals surface area contributed by atoms with Crippen molar-refractivity contribution in [2.24, 2.45) is 5.92 Å². The molecule has 0 radical (unpaired) electrons. The topological polar surface area (TPSA) is 55.6 Å². The average Bonchev–Trinajstić information content (AvgIpc) is 2.38. The smallest absolute Gasteiger partial charge is 0.257 e.